The second kappa shape index (κ2) is 15.7. The molecule has 0 bridgehead atoms. The summed E-state index contributed by atoms with van der Waals surface area (Å²) in [4.78, 5) is 67.6. The fourth-order valence-corrected chi connectivity index (χ4v) is 3.81. The van der Waals surface area contributed by atoms with E-state index in [1.54, 1.807) is 0 Å². The van der Waals surface area contributed by atoms with Crippen LogP contribution in [-0.4, -0.2) is 90.9 Å². The van der Waals surface area contributed by atoms with Crippen molar-refractivity contribution >= 4 is 35.8 Å². The van der Waals surface area contributed by atoms with Gasteiger partial charge in [-0.3, -0.25) is 29.8 Å². The molecule has 37 heavy (non-hydrogen) atoms. The molecule has 4 atom stereocenters. The molecule has 0 aliphatic rings. The van der Waals surface area contributed by atoms with Gasteiger partial charge in [0.05, 0.1) is 24.9 Å². The van der Waals surface area contributed by atoms with Gasteiger partial charge < -0.3 is 42.1 Å². The molecule has 0 saturated carbocycles. The fraction of sp³-hybridized carbons (Fsp3) is 0.714. The van der Waals surface area contributed by atoms with Crippen LogP contribution in [0.4, 0.5) is 0 Å². The molecule has 0 saturated heterocycles. The molecule has 0 spiro atoms. The maximum atomic E-state index is 11.6. The SMILES string of the molecule is N[C@](NCC(=O)O)(C(=O)O)C(CCCCCCCCCC(C(=O)O)[C@@](N)(NCC(=O)O)C(=O)O)C(=O)O. The Balaban J connectivity index is 4.62. The van der Waals surface area contributed by atoms with Crippen molar-refractivity contribution in [3.63, 3.8) is 0 Å². The minimum atomic E-state index is -2.46. The van der Waals surface area contributed by atoms with Gasteiger partial charge >= 0.3 is 35.8 Å². The molecule has 16 nitrogen and oxygen atoms in total. The lowest BCUT2D eigenvalue weighted by Crippen LogP contribution is -2.67. The average molecular weight is 537 g/mol. The first kappa shape index (κ1) is 33.7. The summed E-state index contributed by atoms with van der Waals surface area (Å²) < 4.78 is 0. The molecule has 0 aromatic heterocycles. The lowest BCUT2D eigenvalue weighted by Gasteiger charge is -2.31. The van der Waals surface area contributed by atoms with E-state index in [-0.39, 0.29) is 12.8 Å². The van der Waals surface area contributed by atoms with Crippen LogP contribution in [0.3, 0.4) is 0 Å². The second-order valence-corrected chi connectivity index (χ2v) is 8.68. The summed E-state index contributed by atoms with van der Waals surface area (Å²) in [7, 11) is 0. The quantitative estimate of drug-likeness (QED) is 0.0569. The van der Waals surface area contributed by atoms with E-state index in [0.29, 0.717) is 44.9 Å². The van der Waals surface area contributed by atoms with Gasteiger partial charge in [0.25, 0.3) is 0 Å². The molecule has 0 heterocycles. The molecular formula is C21H36N4O12. The van der Waals surface area contributed by atoms with Crippen LogP contribution in [-0.2, 0) is 28.8 Å². The zero-order valence-corrected chi connectivity index (χ0v) is 20.2. The van der Waals surface area contributed by atoms with Gasteiger partial charge in [0.2, 0.25) is 0 Å². The number of unbranched alkanes of at least 4 members (excludes halogenated alkanes) is 6. The van der Waals surface area contributed by atoms with Crippen LogP contribution in [0.2, 0.25) is 0 Å². The van der Waals surface area contributed by atoms with Gasteiger partial charge in [-0.2, -0.15) is 0 Å². The Labute approximate surface area is 212 Å². The van der Waals surface area contributed by atoms with Crippen molar-refractivity contribution in [2.45, 2.75) is 69.1 Å². The zero-order valence-electron chi connectivity index (χ0n) is 20.2. The Kier molecular flexibility index (Phi) is 14.3. The predicted octanol–water partition coefficient (Wildman–Crippen LogP) is -1.27. The number of rotatable bonds is 22. The minimum Gasteiger partial charge on any atom is -0.481 e. The number of carbonyl (C=O) groups is 6. The van der Waals surface area contributed by atoms with E-state index in [9.17, 15) is 49.2 Å². The summed E-state index contributed by atoms with van der Waals surface area (Å²) in [5.41, 5.74) is 6.45. The Bertz CT molecular complexity index is 772. The molecule has 16 heteroatoms. The molecule has 0 aliphatic heterocycles. The molecular weight excluding hydrogens is 500 g/mol. The Morgan fingerprint density at radius 3 is 1.03 bits per heavy atom. The number of carboxylic acid groups (broad SMARTS) is 6. The normalized spacial score (nSPS) is 16.1. The standard InChI is InChI=1S/C21H36N4O12/c22-20(18(34)35,24-10-14(26)27)12(16(30)31)8-6-4-2-1-3-5-7-9-13(17(32)33)21(23,19(36)37)25-11-15(28)29/h12-13,24-25H,1-11,22-23H2,(H,26,27)(H,28,29)(H,30,31)(H,32,33)(H,34,35)(H,36,37)/t12?,13?,20-,21-/m1/s1. The van der Waals surface area contributed by atoms with E-state index in [4.69, 9.17) is 21.7 Å². The predicted molar refractivity (Wildman–Crippen MR) is 124 cm³/mol. The van der Waals surface area contributed by atoms with E-state index >= 15 is 0 Å². The van der Waals surface area contributed by atoms with Crippen LogP contribution >= 0.6 is 0 Å². The Hall–Kier alpha value is -3.34. The summed E-state index contributed by atoms with van der Waals surface area (Å²) in [6.07, 6.45) is 3.40. The highest BCUT2D eigenvalue weighted by atomic mass is 16.4. The van der Waals surface area contributed by atoms with Crippen LogP contribution in [0.15, 0.2) is 0 Å². The third-order valence-electron chi connectivity index (χ3n) is 5.95. The fourth-order valence-electron chi connectivity index (χ4n) is 3.81. The van der Waals surface area contributed by atoms with Gasteiger partial charge in [-0.05, 0) is 12.8 Å². The van der Waals surface area contributed by atoms with Crippen molar-refractivity contribution < 1.29 is 59.4 Å². The maximum absolute atomic E-state index is 11.6. The lowest BCUT2D eigenvalue weighted by molar-refractivity contribution is -0.158. The lowest BCUT2D eigenvalue weighted by atomic mass is 9.87. The number of carboxylic acids is 6. The number of aliphatic carboxylic acids is 6. The molecule has 0 rings (SSSR count). The van der Waals surface area contributed by atoms with E-state index in [0.717, 1.165) is 0 Å². The summed E-state index contributed by atoms with van der Waals surface area (Å²) in [6, 6.07) is 0. The van der Waals surface area contributed by atoms with E-state index in [1.807, 2.05) is 0 Å². The first-order chi connectivity index (χ1) is 17.1. The number of hydrogen-bond donors (Lipinski definition) is 10. The van der Waals surface area contributed by atoms with E-state index < -0.39 is 72.1 Å². The molecule has 0 aromatic carbocycles. The summed E-state index contributed by atoms with van der Waals surface area (Å²) in [6.45, 7) is -1.66. The monoisotopic (exact) mass is 536 g/mol. The maximum Gasteiger partial charge on any atom is 0.339 e. The van der Waals surface area contributed by atoms with Gasteiger partial charge in [0, 0.05) is 0 Å². The third-order valence-corrected chi connectivity index (χ3v) is 5.95. The molecule has 0 amide bonds. The molecule has 2 unspecified atom stereocenters. The molecule has 0 fully saturated rings. The van der Waals surface area contributed by atoms with Crippen molar-refractivity contribution in [1.29, 1.82) is 0 Å². The van der Waals surface area contributed by atoms with Gasteiger partial charge in [-0.1, -0.05) is 44.9 Å². The van der Waals surface area contributed by atoms with Gasteiger partial charge in [-0.25, -0.2) is 9.59 Å². The summed E-state index contributed by atoms with van der Waals surface area (Å²) in [5, 5.41) is 59.1. The van der Waals surface area contributed by atoms with Crippen molar-refractivity contribution in [2.75, 3.05) is 13.1 Å². The zero-order chi connectivity index (χ0) is 28.8. The van der Waals surface area contributed by atoms with Crippen molar-refractivity contribution in [3.8, 4) is 0 Å². The minimum absolute atomic E-state index is 0.109. The highest BCUT2D eigenvalue weighted by molar-refractivity contribution is 5.87. The topological polar surface area (TPSA) is 300 Å². The van der Waals surface area contributed by atoms with Gasteiger partial charge in [0.1, 0.15) is 0 Å². The van der Waals surface area contributed by atoms with E-state index in [1.165, 1.54) is 0 Å². The van der Waals surface area contributed by atoms with Crippen LogP contribution in [0.5, 0.6) is 0 Å². The number of hydrogen-bond acceptors (Lipinski definition) is 10. The average Bonchev–Trinajstić information content (AvgIpc) is 2.78. The van der Waals surface area contributed by atoms with Crippen LogP contribution in [0.1, 0.15) is 57.8 Å². The van der Waals surface area contributed by atoms with E-state index in [2.05, 4.69) is 10.6 Å². The molecule has 0 radical (unpaired) electrons. The number of nitrogens with one attached hydrogen (secondary N) is 2. The number of nitrogens with two attached hydrogens (primary N) is 2. The molecule has 12 N–H and O–H groups in total. The Morgan fingerprint density at radius 2 is 0.811 bits per heavy atom. The Morgan fingerprint density at radius 1 is 0.541 bits per heavy atom. The van der Waals surface area contributed by atoms with Crippen molar-refractivity contribution in [3.05, 3.63) is 0 Å². The van der Waals surface area contributed by atoms with Crippen LogP contribution in [0, 0.1) is 11.8 Å². The first-order valence-electron chi connectivity index (χ1n) is 11.5. The molecule has 0 aromatic rings. The first-order valence-corrected chi connectivity index (χ1v) is 11.5. The third kappa shape index (κ3) is 11.1. The smallest absolute Gasteiger partial charge is 0.339 e. The van der Waals surface area contributed by atoms with Crippen LogP contribution < -0.4 is 22.1 Å². The van der Waals surface area contributed by atoms with Crippen molar-refractivity contribution in [2.24, 2.45) is 23.3 Å². The van der Waals surface area contributed by atoms with Gasteiger partial charge in [-0.15, -0.1) is 0 Å². The van der Waals surface area contributed by atoms with Crippen molar-refractivity contribution in [1.82, 2.24) is 10.6 Å². The largest absolute Gasteiger partial charge is 0.481 e. The summed E-state index contributed by atoms with van der Waals surface area (Å²) in [5.74, 6) is -12.3. The summed E-state index contributed by atoms with van der Waals surface area (Å²) >= 11 is 0. The van der Waals surface area contributed by atoms with Crippen LogP contribution in [0.25, 0.3) is 0 Å². The highest BCUT2D eigenvalue weighted by Gasteiger charge is 2.47. The molecule has 212 valence electrons. The molecule has 0 aliphatic carbocycles. The highest BCUT2D eigenvalue weighted by Crippen LogP contribution is 2.23. The second-order valence-electron chi connectivity index (χ2n) is 8.68. The van der Waals surface area contributed by atoms with Gasteiger partial charge in [0.15, 0.2) is 11.3 Å².